The summed E-state index contributed by atoms with van der Waals surface area (Å²) >= 11 is 0. The molecule has 0 saturated carbocycles. The highest BCUT2D eigenvalue weighted by Crippen LogP contribution is 2.36. The molecule has 0 aliphatic carbocycles. The number of aryl methyl sites for hydroxylation is 1. The standard InChI is InChI=1S/C60H68F3N11O12/c1-40-10-11-42(35-41(40)13-15-45-37-67-50-9-3-23-68-74(45)50)56(79)69-44-14-12-43(47(36-44)60(61,62)63)38-72-27-25-71(26-28-72)24-4-20-64-51(75)18-19-52(76)65-21-5-29-83-31-33-85-34-32-84-30-6-22-66-54(78)39-86-49-8-2-7-46-55(49)59(82)73(58(46)81)48-16-17-53(77)70-57(48)80/h2-3,7-12,14,23,35-37,48H,4-6,16-22,24-34,38-39H2,1H3,(H,64,75)(H,65,76)(H,66,78)(H,69,79)(H,70,77,80). The summed E-state index contributed by atoms with van der Waals surface area (Å²) in [5, 5.41) is 17.4. The van der Waals surface area contributed by atoms with Crippen molar-refractivity contribution >= 4 is 58.6 Å². The number of amides is 8. The van der Waals surface area contributed by atoms with Crippen LogP contribution in [-0.2, 0) is 50.9 Å². The molecule has 0 spiro atoms. The molecule has 23 nitrogen and oxygen atoms in total. The number of alkyl halides is 3. The summed E-state index contributed by atoms with van der Waals surface area (Å²) in [6, 6.07) is 15.6. The van der Waals surface area contributed by atoms with Crippen LogP contribution in [0, 0.1) is 18.8 Å². The summed E-state index contributed by atoms with van der Waals surface area (Å²) < 4.78 is 67.1. The maximum absolute atomic E-state index is 14.4. The summed E-state index contributed by atoms with van der Waals surface area (Å²) in [5.41, 5.74) is 2.13. The lowest BCUT2D eigenvalue weighted by Crippen LogP contribution is -2.54. The van der Waals surface area contributed by atoms with Crippen molar-refractivity contribution in [2.45, 2.75) is 70.6 Å². The molecule has 5 aromatic rings. The van der Waals surface area contributed by atoms with Crippen molar-refractivity contribution in [2.24, 2.45) is 0 Å². The number of ether oxygens (including phenoxy) is 4. The van der Waals surface area contributed by atoms with E-state index < -0.39 is 59.8 Å². The number of piperazine rings is 1. The zero-order chi connectivity index (χ0) is 61.0. The highest BCUT2D eigenvalue weighted by Gasteiger charge is 2.46. The van der Waals surface area contributed by atoms with Crippen molar-refractivity contribution in [1.82, 2.24) is 50.6 Å². The lowest BCUT2D eigenvalue weighted by atomic mass is 10.0. The fourth-order valence-corrected chi connectivity index (χ4v) is 9.69. The Morgan fingerprint density at radius 2 is 1.42 bits per heavy atom. The summed E-state index contributed by atoms with van der Waals surface area (Å²) in [5.74, 6) is 2.00. The number of imide groups is 2. The summed E-state index contributed by atoms with van der Waals surface area (Å²) in [6.07, 6.45) is 0.404. The first-order valence-corrected chi connectivity index (χ1v) is 28.4. The second kappa shape index (κ2) is 31.0. The van der Waals surface area contributed by atoms with Crippen LogP contribution in [0.2, 0.25) is 0 Å². The van der Waals surface area contributed by atoms with E-state index in [1.807, 2.05) is 11.8 Å². The Morgan fingerprint density at radius 1 is 0.744 bits per heavy atom. The Balaban J connectivity index is 0.598. The molecule has 2 saturated heterocycles. The fourth-order valence-electron chi connectivity index (χ4n) is 9.69. The number of carbonyl (C=O) groups is 8. The van der Waals surface area contributed by atoms with E-state index in [4.69, 9.17) is 18.9 Å². The molecule has 5 heterocycles. The van der Waals surface area contributed by atoms with Gasteiger partial charge in [-0.2, -0.15) is 18.3 Å². The SMILES string of the molecule is Cc1ccc(C(=O)Nc2ccc(CN3CCN(CCCNC(=O)CCC(=O)NCCCOCCOCCOCCCNC(=O)COc4cccc5c4C(=O)N(C4CCC(=O)NC4=O)C5=O)CC3)c(C(F)(F)F)c2)cc1C#Cc1cnc2cccnn12. The number of imidazole rings is 1. The first-order chi connectivity index (χ1) is 41.5. The Bertz CT molecular complexity index is 3340. The molecule has 1 atom stereocenters. The normalized spacial score (nSPS) is 15.4. The van der Waals surface area contributed by atoms with Gasteiger partial charge < -0.3 is 45.1 Å². The Morgan fingerprint density at radius 3 is 2.12 bits per heavy atom. The molecule has 8 amide bonds. The highest BCUT2D eigenvalue weighted by atomic mass is 19.4. The van der Waals surface area contributed by atoms with Gasteiger partial charge in [-0.1, -0.05) is 24.1 Å². The van der Waals surface area contributed by atoms with E-state index in [1.54, 1.807) is 47.2 Å². The molecule has 1 unspecified atom stereocenters. The number of carbonyl (C=O) groups excluding carboxylic acids is 8. The van der Waals surface area contributed by atoms with Crippen molar-refractivity contribution < 1.29 is 70.5 Å². The van der Waals surface area contributed by atoms with Crippen LogP contribution in [0.15, 0.2) is 79.1 Å². The van der Waals surface area contributed by atoms with Crippen LogP contribution < -0.4 is 31.3 Å². The Labute approximate surface area is 494 Å². The molecule has 8 rings (SSSR count). The van der Waals surface area contributed by atoms with E-state index in [9.17, 15) is 51.5 Å². The highest BCUT2D eigenvalue weighted by molar-refractivity contribution is 6.24. The molecule has 3 aliphatic heterocycles. The number of nitrogens with zero attached hydrogens (tertiary/aromatic N) is 6. The average molecular weight is 1190 g/mol. The monoisotopic (exact) mass is 1190 g/mol. The van der Waals surface area contributed by atoms with Gasteiger partial charge in [-0.05, 0) is 105 Å². The lowest BCUT2D eigenvalue weighted by Gasteiger charge is -2.35. The second-order valence-corrected chi connectivity index (χ2v) is 20.5. The molecular weight excluding hydrogens is 1120 g/mol. The molecule has 2 fully saturated rings. The number of fused-ring (bicyclic) bond motifs is 2. The van der Waals surface area contributed by atoms with E-state index in [-0.39, 0.29) is 77.7 Å². The van der Waals surface area contributed by atoms with Crippen molar-refractivity contribution in [1.29, 1.82) is 0 Å². The molecule has 0 radical (unpaired) electrons. The van der Waals surface area contributed by atoms with Gasteiger partial charge in [0.2, 0.25) is 23.6 Å². The molecule has 456 valence electrons. The van der Waals surface area contributed by atoms with Crippen LogP contribution >= 0.6 is 0 Å². The average Bonchev–Trinajstić information content (AvgIpc) is 1.72. The number of halogens is 3. The van der Waals surface area contributed by atoms with Crippen LogP contribution in [0.5, 0.6) is 5.75 Å². The number of rotatable bonds is 29. The third kappa shape index (κ3) is 18.0. The van der Waals surface area contributed by atoms with Gasteiger partial charge in [-0.3, -0.25) is 53.5 Å². The largest absolute Gasteiger partial charge is 0.483 e. The van der Waals surface area contributed by atoms with Crippen LogP contribution in [0.4, 0.5) is 18.9 Å². The number of hydrogen-bond donors (Lipinski definition) is 5. The van der Waals surface area contributed by atoms with Crippen molar-refractivity contribution in [3.63, 3.8) is 0 Å². The number of hydrogen-bond acceptors (Lipinski definition) is 16. The fraction of sp³-hybridized carbons (Fsp3) is 0.433. The third-order valence-electron chi connectivity index (χ3n) is 14.3. The van der Waals surface area contributed by atoms with Gasteiger partial charge in [0.05, 0.1) is 49.3 Å². The van der Waals surface area contributed by atoms with Gasteiger partial charge in [-0.25, -0.2) is 9.50 Å². The maximum atomic E-state index is 14.4. The van der Waals surface area contributed by atoms with Gasteiger partial charge >= 0.3 is 6.18 Å². The third-order valence-corrected chi connectivity index (χ3v) is 14.3. The quantitative estimate of drug-likeness (QED) is 0.0260. The van der Waals surface area contributed by atoms with Crippen molar-refractivity contribution in [3.05, 3.63) is 124 Å². The van der Waals surface area contributed by atoms with E-state index in [0.29, 0.717) is 128 Å². The summed E-state index contributed by atoms with van der Waals surface area (Å²) in [6.45, 7) is 7.80. The predicted molar refractivity (Wildman–Crippen MR) is 304 cm³/mol. The molecule has 86 heavy (non-hydrogen) atoms. The van der Waals surface area contributed by atoms with E-state index >= 15 is 0 Å². The minimum atomic E-state index is -4.65. The number of nitrogens with one attached hydrogen (secondary N) is 5. The second-order valence-electron chi connectivity index (χ2n) is 20.5. The zero-order valence-electron chi connectivity index (χ0n) is 47.6. The number of benzene rings is 3. The molecular formula is C60H68F3N11O12. The number of aromatic nitrogens is 3. The van der Waals surface area contributed by atoms with Crippen LogP contribution in [0.3, 0.4) is 0 Å². The van der Waals surface area contributed by atoms with E-state index in [1.165, 1.54) is 30.3 Å². The van der Waals surface area contributed by atoms with Gasteiger partial charge in [0.15, 0.2) is 12.3 Å². The van der Waals surface area contributed by atoms with Gasteiger partial charge in [0.25, 0.3) is 23.6 Å². The minimum absolute atomic E-state index is 0.00786. The molecule has 3 aromatic carbocycles. The molecule has 3 aliphatic rings. The lowest BCUT2D eigenvalue weighted by molar-refractivity contribution is -0.139. The van der Waals surface area contributed by atoms with Crippen molar-refractivity contribution in [3.8, 4) is 17.6 Å². The van der Waals surface area contributed by atoms with Crippen LogP contribution in [0.1, 0.15) is 104 Å². The first-order valence-electron chi connectivity index (χ1n) is 28.4. The van der Waals surface area contributed by atoms with Gasteiger partial charge in [0.1, 0.15) is 17.5 Å². The zero-order valence-corrected chi connectivity index (χ0v) is 47.6. The number of anilines is 1. The molecule has 2 aromatic heterocycles. The van der Waals surface area contributed by atoms with E-state index in [0.717, 1.165) is 16.5 Å². The molecule has 26 heteroatoms. The maximum Gasteiger partial charge on any atom is 0.416 e. The van der Waals surface area contributed by atoms with Crippen molar-refractivity contribution in [2.75, 3.05) is 104 Å². The summed E-state index contributed by atoms with van der Waals surface area (Å²) in [4.78, 5) is 110. The van der Waals surface area contributed by atoms with Crippen LogP contribution in [0.25, 0.3) is 5.65 Å². The molecule has 0 bridgehead atoms. The number of piperidine rings is 1. The smallest absolute Gasteiger partial charge is 0.416 e. The van der Waals surface area contributed by atoms with Crippen LogP contribution in [-0.4, -0.2) is 181 Å². The summed E-state index contributed by atoms with van der Waals surface area (Å²) in [7, 11) is 0. The first kappa shape index (κ1) is 63.4. The van der Waals surface area contributed by atoms with Gasteiger partial charge in [-0.15, -0.1) is 0 Å². The minimum Gasteiger partial charge on any atom is -0.483 e. The van der Waals surface area contributed by atoms with Gasteiger partial charge in [0, 0.05) is 108 Å². The predicted octanol–water partition coefficient (Wildman–Crippen LogP) is 3.66. The Kier molecular flexibility index (Phi) is 22.8. The topological polar surface area (TPSA) is 274 Å². The molecule has 5 N–H and O–H groups in total. The Hall–Kier alpha value is -8.61. The van der Waals surface area contributed by atoms with E-state index in [2.05, 4.69) is 53.4 Å².